The van der Waals surface area contributed by atoms with Crippen molar-refractivity contribution in [1.29, 1.82) is 0 Å². The third-order valence-electron chi connectivity index (χ3n) is 2.86. The smallest absolute Gasteiger partial charge is 0.125 e. The van der Waals surface area contributed by atoms with Crippen LogP contribution in [0.3, 0.4) is 0 Å². The summed E-state index contributed by atoms with van der Waals surface area (Å²) in [6.45, 7) is 2.07. The first kappa shape index (κ1) is 11.7. The van der Waals surface area contributed by atoms with Crippen LogP contribution >= 0.6 is 11.6 Å². The van der Waals surface area contributed by atoms with Crippen LogP contribution in [0.15, 0.2) is 18.2 Å². The highest BCUT2D eigenvalue weighted by Gasteiger charge is 2.13. The van der Waals surface area contributed by atoms with Gasteiger partial charge in [0.05, 0.1) is 10.7 Å². The van der Waals surface area contributed by atoms with E-state index in [1.807, 2.05) is 0 Å². The molecule has 1 fully saturated rings. The quantitative estimate of drug-likeness (QED) is 0.833. The van der Waals surface area contributed by atoms with Crippen LogP contribution in [0.25, 0.3) is 0 Å². The van der Waals surface area contributed by atoms with E-state index in [2.05, 4.69) is 10.6 Å². The Kier molecular flexibility index (Phi) is 4.02. The molecule has 16 heavy (non-hydrogen) atoms. The van der Waals surface area contributed by atoms with Gasteiger partial charge < -0.3 is 10.6 Å². The largest absolute Gasteiger partial charge is 0.381 e. The molecule has 1 aromatic carbocycles. The average Bonchev–Trinajstić information content (AvgIpc) is 2.52. The standard InChI is InChI=1S/C12H16ClFN2/c13-11-4-3-9(14)8-12(11)16-10-2-1-6-15-7-5-10/h3-4,8,10,15-16H,1-2,5-7H2. The molecule has 2 rings (SSSR count). The third-order valence-corrected chi connectivity index (χ3v) is 3.19. The monoisotopic (exact) mass is 242 g/mol. The van der Waals surface area contributed by atoms with Gasteiger partial charge in [0.2, 0.25) is 0 Å². The van der Waals surface area contributed by atoms with Crippen molar-refractivity contribution in [3.63, 3.8) is 0 Å². The molecule has 2 nitrogen and oxygen atoms in total. The zero-order valence-electron chi connectivity index (χ0n) is 9.10. The summed E-state index contributed by atoms with van der Waals surface area (Å²) >= 11 is 6.01. The maximum atomic E-state index is 13.1. The SMILES string of the molecule is Fc1ccc(Cl)c(NC2CCCNCC2)c1. The van der Waals surface area contributed by atoms with Crippen LogP contribution < -0.4 is 10.6 Å². The van der Waals surface area contributed by atoms with Crippen LogP contribution in [0.5, 0.6) is 0 Å². The van der Waals surface area contributed by atoms with Gasteiger partial charge in [0.25, 0.3) is 0 Å². The third kappa shape index (κ3) is 3.09. The fourth-order valence-electron chi connectivity index (χ4n) is 1.99. The number of hydrogen-bond donors (Lipinski definition) is 2. The predicted octanol–water partition coefficient (Wildman–Crippen LogP) is 3.03. The van der Waals surface area contributed by atoms with Crippen molar-refractivity contribution < 1.29 is 4.39 Å². The molecule has 0 bridgehead atoms. The minimum atomic E-state index is -0.251. The lowest BCUT2D eigenvalue weighted by Crippen LogP contribution is -2.21. The van der Waals surface area contributed by atoms with Crippen molar-refractivity contribution in [2.75, 3.05) is 18.4 Å². The van der Waals surface area contributed by atoms with Gasteiger partial charge in [-0.1, -0.05) is 11.6 Å². The Morgan fingerprint density at radius 2 is 2.19 bits per heavy atom. The lowest BCUT2D eigenvalue weighted by molar-refractivity contribution is 0.621. The first-order valence-corrected chi connectivity index (χ1v) is 6.06. The van der Waals surface area contributed by atoms with Gasteiger partial charge in [0.1, 0.15) is 5.82 Å². The van der Waals surface area contributed by atoms with Crippen LogP contribution in [-0.4, -0.2) is 19.1 Å². The molecule has 1 unspecified atom stereocenters. The maximum absolute atomic E-state index is 13.1. The normalized spacial score (nSPS) is 21.5. The summed E-state index contributed by atoms with van der Waals surface area (Å²) in [7, 11) is 0. The van der Waals surface area contributed by atoms with Gasteiger partial charge in [-0.15, -0.1) is 0 Å². The summed E-state index contributed by atoms with van der Waals surface area (Å²) in [5, 5.41) is 7.24. The number of benzene rings is 1. The summed E-state index contributed by atoms with van der Waals surface area (Å²) in [4.78, 5) is 0. The maximum Gasteiger partial charge on any atom is 0.125 e. The number of anilines is 1. The molecule has 0 saturated carbocycles. The molecule has 0 radical (unpaired) electrons. The van der Waals surface area contributed by atoms with Gasteiger partial charge in [-0.25, -0.2) is 4.39 Å². The van der Waals surface area contributed by atoms with Crippen molar-refractivity contribution >= 4 is 17.3 Å². The van der Waals surface area contributed by atoms with Crippen molar-refractivity contribution in [3.8, 4) is 0 Å². The molecule has 2 N–H and O–H groups in total. The van der Waals surface area contributed by atoms with Crippen molar-refractivity contribution in [2.45, 2.75) is 25.3 Å². The minimum absolute atomic E-state index is 0.251. The Bertz CT molecular complexity index is 349. The molecular formula is C12H16ClFN2. The van der Waals surface area contributed by atoms with E-state index >= 15 is 0 Å². The average molecular weight is 243 g/mol. The number of hydrogen-bond acceptors (Lipinski definition) is 2. The van der Waals surface area contributed by atoms with E-state index in [1.165, 1.54) is 12.1 Å². The van der Waals surface area contributed by atoms with Gasteiger partial charge in [0, 0.05) is 6.04 Å². The zero-order valence-corrected chi connectivity index (χ0v) is 9.86. The van der Waals surface area contributed by atoms with Crippen LogP contribution in [0.1, 0.15) is 19.3 Å². The van der Waals surface area contributed by atoms with Gasteiger partial charge in [-0.2, -0.15) is 0 Å². The van der Waals surface area contributed by atoms with Gasteiger partial charge >= 0.3 is 0 Å². The lowest BCUT2D eigenvalue weighted by atomic mass is 10.1. The van der Waals surface area contributed by atoms with Crippen LogP contribution in [0.4, 0.5) is 10.1 Å². The molecule has 4 heteroatoms. The van der Waals surface area contributed by atoms with Gasteiger partial charge in [-0.3, -0.25) is 0 Å². The Morgan fingerprint density at radius 3 is 3.06 bits per heavy atom. The Hall–Kier alpha value is -0.800. The summed E-state index contributed by atoms with van der Waals surface area (Å²) in [5.74, 6) is -0.251. The van der Waals surface area contributed by atoms with E-state index in [4.69, 9.17) is 11.6 Å². The topological polar surface area (TPSA) is 24.1 Å². The van der Waals surface area contributed by atoms with E-state index in [1.54, 1.807) is 6.07 Å². The summed E-state index contributed by atoms with van der Waals surface area (Å²) in [5.41, 5.74) is 0.702. The van der Waals surface area contributed by atoms with E-state index in [0.717, 1.165) is 32.4 Å². The Labute approximate surface area is 100 Å². The number of halogens is 2. The predicted molar refractivity (Wildman–Crippen MR) is 65.5 cm³/mol. The summed E-state index contributed by atoms with van der Waals surface area (Å²) in [6, 6.07) is 4.81. The molecule has 0 aromatic heterocycles. The fourth-order valence-corrected chi connectivity index (χ4v) is 2.16. The Morgan fingerprint density at radius 1 is 1.31 bits per heavy atom. The lowest BCUT2D eigenvalue weighted by Gasteiger charge is -2.18. The molecule has 0 amide bonds. The highest BCUT2D eigenvalue weighted by Crippen LogP contribution is 2.24. The second-order valence-corrected chi connectivity index (χ2v) is 4.55. The second-order valence-electron chi connectivity index (χ2n) is 4.15. The molecule has 0 aliphatic carbocycles. The van der Waals surface area contributed by atoms with Crippen molar-refractivity contribution in [2.24, 2.45) is 0 Å². The molecule has 88 valence electrons. The van der Waals surface area contributed by atoms with E-state index in [0.29, 0.717) is 16.8 Å². The summed E-state index contributed by atoms with van der Waals surface area (Å²) < 4.78 is 13.1. The van der Waals surface area contributed by atoms with Gasteiger partial charge in [0.15, 0.2) is 0 Å². The van der Waals surface area contributed by atoms with E-state index in [9.17, 15) is 4.39 Å². The highest BCUT2D eigenvalue weighted by molar-refractivity contribution is 6.33. The van der Waals surface area contributed by atoms with Gasteiger partial charge in [-0.05, 0) is 50.6 Å². The fraction of sp³-hybridized carbons (Fsp3) is 0.500. The van der Waals surface area contributed by atoms with Crippen molar-refractivity contribution in [3.05, 3.63) is 29.0 Å². The highest BCUT2D eigenvalue weighted by atomic mass is 35.5. The second kappa shape index (κ2) is 5.51. The first-order chi connectivity index (χ1) is 7.75. The molecular weight excluding hydrogens is 227 g/mol. The van der Waals surface area contributed by atoms with E-state index in [-0.39, 0.29) is 5.82 Å². The van der Waals surface area contributed by atoms with Crippen molar-refractivity contribution in [1.82, 2.24) is 5.32 Å². The summed E-state index contributed by atoms with van der Waals surface area (Å²) in [6.07, 6.45) is 3.29. The van der Waals surface area contributed by atoms with Crippen LogP contribution in [0, 0.1) is 5.82 Å². The molecule has 1 aliphatic rings. The van der Waals surface area contributed by atoms with Crippen LogP contribution in [-0.2, 0) is 0 Å². The minimum Gasteiger partial charge on any atom is -0.381 e. The zero-order chi connectivity index (χ0) is 11.4. The number of rotatable bonds is 2. The molecule has 1 aromatic rings. The Balaban J connectivity index is 2.04. The van der Waals surface area contributed by atoms with E-state index < -0.39 is 0 Å². The number of nitrogens with one attached hydrogen (secondary N) is 2. The molecule has 1 heterocycles. The first-order valence-electron chi connectivity index (χ1n) is 5.68. The molecule has 1 aliphatic heterocycles. The van der Waals surface area contributed by atoms with Crippen LogP contribution in [0.2, 0.25) is 5.02 Å². The molecule has 0 spiro atoms. The molecule has 1 saturated heterocycles. The molecule has 1 atom stereocenters.